The molecule has 0 aliphatic heterocycles. The second-order valence-electron chi connectivity index (χ2n) is 7.35. The van der Waals surface area contributed by atoms with E-state index >= 15 is 0 Å². The van der Waals surface area contributed by atoms with Crippen molar-refractivity contribution in [2.24, 2.45) is 0 Å². The molecule has 4 aromatic rings. The molecule has 0 saturated heterocycles. The van der Waals surface area contributed by atoms with Gasteiger partial charge in [0.2, 0.25) is 0 Å². The Hall–Kier alpha value is -2.94. The van der Waals surface area contributed by atoms with Crippen LogP contribution in [0, 0.1) is 6.92 Å². The number of rotatable bonds is 6. The molecule has 0 saturated carbocycles. The van der Waals surface area contributed by atoms with Gasteiger partial charge >= 0.3 is 0 Å². The Labute approximate surface area is 164 Å². The number of para-hydroxylation sites is 1. The van der Waals surface area contributed by atoms with Crippen LogP contribution in [0.15, 0.2) is 66.9 Å². The third-order valence-electron chi connectivity index (χ3n) is 5.55. The molecule has 0 radical (unpaired) electrons. The first-order chi connectivity index (χ1) is 13.6. The number of hydrogen-bond donors (Lipinski definition) is 0. The minimum atomic E-state index is -0.818. The zero-order valence-electron chi connectivity index (χ0n) is 16.3. The molecule has 0 N–H and O–H groups in total. The molecule has 0 unspecified atom stereocenters. The summed E-state index contributed by atoms with van der Waals surface area (Å²) in [5, 5.41) is 2.99. The van der Waals surface area contributed by atoms with Gasteiger partial charge in [0.25, 0.3) is 0 Å². The van der Waals surface area contributed by atoms with Gasteiger partial charge in [-0.2, -0.15) is 0 Å². The molecular weight excluding hydrogens is 349 g/mol. The predicted molar refractivity (Wildman–Crippen MR) is 114 cm³/mol. The molecule has 1 aromatic heterocycles. The number of nitrogens with zero attached hydrogens (tertiary/aromatic N) is 1. The number of fused-ring (bicyclic) bond motifs is 2. The lowest BCUT2D eigenvalue weighted by molar-refractivity contribution is 0.104. The van der Waals surface area contributed by atoms with Gasteiger partial charge in [-0.25, -0.2) is 4.39 Å². The van der Waals surface area contributed by atoms with E-state index in [0.29, 0.717) is 30.5 Å². The summed E-state index contributed by atoms with van der Waals surface area (Å²) in [6, 6.07) is 19.8. The maximum atomic E-state index is 13.8. The smallest absolute Gasteiger partial charge is 0.195 e. The number of alkyl halides is 1. The molecule has 0 spiro atoms. The lowest BCUT2D eigenvalue weighted by Gasteiger charge is -2.08. The summed E-state index contributed by atoms with van der Waals surface area (Å²) >= 11 is 0. The van der Waals surface area contributed by atoms with Crippen molar-refractivity contribution < 1.29 is 9.18 Å². The zero-order valence-corrected chi connectivity index (χ0v) is 16.3. The van der Waals surface area contributed by atoms with E-state index in [0.717, 1.165) is 27.2 Å². The average Bonchev–Trinajstić information content (AvgIpc) is 3.11. The van der Waals surface area contributed by atoms with E-state index in [9.17, 15) is 9.18 Å². The summed E-state index contributed by atoms with van der Waals surface area (Å²) in [7, 11) is 0. The number of halogens is 1. The third-order valence-corrected chi connectivity index (χ3v) is 5.55. The fraction of sp³-hybridized carbons (Fsp3) is 0.240. The highest BCUT2D eigenvalue weighted by Gasteiger charge is 2.19. The normalized spacial score (nSPS) is 12.5. The van der Waals surface area contributed by atoms with Gasteiger partial charge in [0.15, 0.2) is 5.78 Å². The van der Waals surface area contributed by atoms with E-state index in [1.54, 1.807) is 0 Å². The fourth-order valence-corrected chi connectivity index (χ4v) is 3.89. The van der Waals surface area contributed by atoms with Gasteiger partial charge in [-0.15, -0.1) is 0 Å². The molecule has 28 heavy (non-hydrogen) atoms. The van der Waals surface area contributed by atoms with Crippen LogP contribution in [-0.4, -0.2) is 16.5 Å². The van der Waals surface area contributed by atoms with Gasteiger partial charge in [0, 0.05) is 34.8 Å². The average molecular weight is 373 g/mol. The lowest BCUT2D eigenvalue weighted by Crippen LogP contribution is -2.05. The first kappa shape index (κ1) is 18.4. The van der Waals surface area contributed by atoms with Gasteiger partial charge < -0.3 is 4.57 Å². The second-order valence-corrected chi connectivity index (χ2v) is 7.35. The maximum absolute atomic E-state index is 13.8. The van der Waals surface area contributed by atoms with Crippen LogP contribution in [0.3, 0.4) is 0 Å². The van der Waals surface area contributed by atoms with Gasteiger partial charge in [-0.1, -0.05) is 61.5 Å². The first-order valence-corrected chi connectivity index (χ1v) is 9.85. The summed E-state index contributed by atoms with van der Waals surface area (Å²) in [5.41, 5.74) is 3.52. The summed E-state index contributed by atoms with van der Waals surface area (Å²) in [5.74, 6) is 0.0124. The first-order valence-electron chi connectivity index (χ1n) is 9.85. The molecule has 0 aliphatic carbocycles. The van der Waals surface area contributed by atoms with E-state index < -0.39 is 6.17 Å². The van der Waals surface area contributed by atoms with E-state index in [-0.39, 0.29) is 5.78 Å². The quantitative estimate of drug-likeness (QED) is 0.355. The van der Waals surface area contributed by atoms with Gasteiger partial charge in [-0.05, 0) is 42.2 Å². The molecule has 0 aliphatic rings. The van der Waals surface area contributed by atoms with Crippen LogP contribution < -0.4 is 0 Å². The van der Waals surface area contributed by atoms with Crippen molar-refractivity contribution in [3.63, 3.8) is 0 Å². The van der Waals surface area contributed by atoms with Crippen LogP contribution in [0.1, 0.15) is 41.3 Å². The topological polar surface area (TPSA) is 22.0 Å². The Morgan fingerprint density at radius 2 is 1.61 bits per heavy atom. The van der Waals surface area contributed by atoms with Crippen LogP contribution in [-0.2, 0) is 6.54 Å². The number of ketones is 1. The van der Waals surface area contributed by atoms with Crippen LogP contribution in [0.25, 0.3) is 21.7 Å². The van der Waals surface area contributed by atoms with Crippen molar-refractivity contribution in [2.75, 3.05) is 0 Å². The second kappa shape index (κ2) is 7.59. The summed E-state index contributed by atoms with van der Waals surface area (Å²) in [4.78, 5) is 13.5. The van der Waals surface area contributed by atoms with Crippen molar-refractivity contribution in [2.45, 2.75) is 39.4 Å². The molecule has 4 rings (SSSR count). The van der Waals surface area contributed by atoms with Crippen LogP contribution in [0.5, 0.6) is 0 Å². The Balaban J connectivity index is 1.82. The molecular formula is C25H24FNO. The number of aryl methyl sites for hydroxylation is 2. The van der Waals surface area contributed by atoms with E-state index in [2.05, 4.69) is 13.0 Å². The lowest BCUT2D eigenvalue weighted by atomic mass is 9.95. The Kier molecular flexibility index (Phi) is 4.99. The molecule has 142 valence electrons. The van der Waals surface area contributed by atoms with Crippen molar-refractivity contribution in [3.05, 3.63) is 83.6 Å². The largest absolute Gasteiger partial charge is 0.347 e. The van der Waals surface area contributed by atoms with E-state index in [1.165, 1.54) is 0 Å². The predicted octanol–water partition coefficient (Wildman–Crippen LogP) is 6.47. The summed E-state index contributed by atoms with van der Waals surface area (Å²) < 4.78 is 15.8. The van der Waals surface area contributed by atoms with Crippen LogP contribution in [0.2, 0.25) is 0 Å². The Bertz CT molecular complexity index is 1160. The number of carbonyl (C=O) groups excluding carboxylic acids is 1. The standard InChI is InChI=1S/C25H24FNO/c1-3-18(26)14-15-27-16-23(21-10-6-7-11-24(21)27)25(28)22-13-12-17(2)19-8-4-5-9-20(19)22/h4-13,16,18H,3,14-15H2,1-2H3/t18-/m1/s1. The molecule has 1 atom stereocenters. The number of hydrogen-bond acceptors (Lipinski definition) is 1. The van der Waals surface area contributed by atoms with E-state index in [1.807, 2.05) is 72.3 Å². The highest BCUT2D eigenvalue weighted by molar-refractivity contribution is 6.21. The van der Waals surface area contributed by atoms with Crippen LogP contribution >= 0.6 is 0 Å². The molecule has 3 heteroatoms. The molecule has 0 amide bonds. The molecule has 3 aromatic carbocycles. The monoisotopic (exact) mass is 373 g/mol. The van der Waals surface area contributed by atoms with Crippen molar-refractivity contribution in [1.29, 1.82) is 0 Å². The number of aromatic nitrogens is 1. The number of carbonyl (C=O) groups is 1. The highest BCUT2D eigenvalue weighted by atomic mass is 19.1. The van der Waals surface area contributed by atoms with Crippen molar-refractivity contribution in [1.82, 2.24) is 4.57 Å². The van der Waals surface area contributed by atoms with Crippen molar-refractivity contribution in [3.8, 4) is 0 Å². The highest BCUT2D eigenvalue weighted by Crippen LogP contribution is 2.29. The molecule has 1 heterocycles. The van der Waals surface area contributed by atoms with Crippen molar-refractivity contribution >= 4 is 27.5 Å². The molecule has 0 bridgehead atoms. The third kappa shape index (κ3) is 3.22. The Morgan fingerprint density at radius 3 is 2.36 bits per heavy atom. The van der Waals surface area contributed by atoms with Crippen LogP contribution in [0.4, 0.5) is 4.39 Å². The number of benzene rings is 3. The van der Waals surface area contributed by atoms with Gasteiger partial charge in [-0.3, -0.25) is 4.79 Å². The molecule has 0 fully saturated rings. The minimum absolute atomic E-state index is 0.0124. The van der Waals surface area contributed by atoms with Gasteiger partial charge in [0.1, 0.15) is 6.17 Å². The van der Waals surface area contributed by atoms with E-state index in [4.69, 9.17) is 0 Å². The van der Waals surface area contributed by atoms with Gasteiger partial charge in [0.05, 0.1) is 0 Å². The minimum Gasteiger partial charge on any atom is -0.347 e. The summed E-state index contributed by atoms with van der Waals surface area (Å²) in [6.07, 6.45) is 2.04. The fourth-order valence-electron chi connectivity index (χ4n) is 3.89. The zero-order chi connectivity index (χ0) is 19.7. The molecule has 2 nitrogen and oxygen atoms in total. The maximum Gasteiger partial charge on any atom is 0.195 e. The Morgan fingerprint density at radius 1 is 0.929 bits per heavy atom. The SMILES string of the molecule is CC[C@@H](F)CCn1cc(C(=O)c2ccc(C)c3ccccc23)c2ccccc21. The summed E-state index contributed by atoms with van der Waals surface area (Å²) in [6.45, 7) is 4.48.